The Morgan fingerprint density at radius 3 is 1.08 bits per heavy atom. The molecule has 36 nitrogen and oxygen atoms in total. The van der Waals surface area contributed by atoms with Gasteiger partial charge >= 0.3 is 0 Å². The number of benzene rings is 2. The number of aliphatic hydroxyl groups is 2. The molecule has 16 atom stereocenters. The highest BCUT2D eigenvalue weighted by Crippen LogP contribution is 2.20. The number of hydrogen-bond acceptors (Lipinski definition) is 23. The van der Waals surface area contributed by atoms with Crippen molar-refractivity contribution in [3.05, 3.63) is 48.0 Å². The molecule has 0 unspecified atom stereocenters. The third-order valence-corrected chi connectivity index (χ3v) is 20.5. The number of aliphatic hydroxyl groups excluding tert-OH is 2. The van der Waals surface area contributed by atoms with E-state index in [-0.39, 0.29) is 113 Å². The van der Waals surface area contributed by atoms with Gasteiger partial charge in [0.2, 0.25) is 88.6 Å². The van der Waals surface area contributed by atoms with Gasteiger partial charge in [-0.15, -0.1) is 0 Å². The van der Waals surface area contributed by atoms with Crippen LogP contribution in [0.1, 0.15) is 185 Å². The Morgan fingerprint density at radius 1 is 0.353 bits per heavy atom. The molecule has 2 aromatic carbocycles. The molecule has 0 aromatic heterocycles. The molecule has 0 aliphatic carbocycles. The number of primary amides is 1. The molecule has 0 saturated heterocycles. The van der Waals surface area contributed by atoms with Crippen LogP contribution in [0.2, 0.25) is 0 Å². The Kier molecular flexibility index (Phi) is 50.6. The molecular weight excluding hydrogens is 1580 g/mol. The van der Waals surface area contributed by atoms with E-state index in [1.54, 1.807) is 46.3 Å². The molecular formula is C81H139N19O17S2. The predicted molar refractivity (Wildman–Crippen MR) is 460 cm³/mol. The topological polar surface area (TPSA) is 595 Å². The molecule has 0 fully saturated rings. The van der Waals surface area contributed by atoms with E-state index in [0.717, 1.165) is 10.8 Å². The van der Waals surface area contributed by atoms with E-state index in [1.807, 2.05) is 64.1 Å². The number of hydrogen-bond donors (Lipinski definition) is 21. The van der Waals surface area contributed by atoms with Crippen molar-refractivity contribution in [1.29, 1.82) is 0 Å². The highest BCUT2D eigenvalue weighted by molar-refractivity contribution is 7.98. The van der Waals surface area contributed by atoms with Gasteiger partial charge in [-0.2, -0.15) is 23.5 Å². The second kappa shape index (κ2) is 56.7. The van der Waals surface area contributed by atoms with E-state index in [2.05, 4.69) is 74.4 Å². The lowest BCUT2D eigenvalue weighted by Crippen LogP contribution is -2.62. The maximum absolute atomic E-state index is 14.7. The van der Waals surface area contributed by atoms with Gasteiger partial charge in [-0.25, -0.2) is 0 Å². The van der Waals surface area contributed by atoms with Crippen LogP contribution in [0.4, 0.5) is 0 Å². The standard InChI is InChI=1S/C81H139N19O17S2/c1-44(2)37-60(68(86)104)94-70(106)49(10)88-72(108)58(30-35-118-13)92-80(116)66(50(11)101)99-65(103)43-87-71(107)61(38-45(3)4)96-74(110)56(26-18-21-33-83)89-73(109)55(25-17-20-32-82)90-77(113)63(40-47(7)8)97-75(111)59(31-36-119-14)93-81(117)67(51(12)102)100-76(112)57(27-19-22-34-84)91-79(115)64(42-52-28-29-53-23-15-16-24-54(53)41-52)98-78(114)62(39-46(5)6)95-69(105)48(9)85/h15-16,23-24,28-29,41,44-51,55-64,66-67,101-102H,17-22,25-27,30-40,42-43,82-85H2,1-14H3,(H2,86,104)(H,87,107)(H,88,108)(H,89,109)(H,90,113)(H,91,115)(H,92,116)(H,93,117)(H,94,106)(H,95,105)(H,96,110)(H,97,111)(H,98,114)(H,99,103)(H,100,112)/t48-,49-,50+,51+,55-,56-,57-,58-,59-,60-,61-,62-,63-,64-,66-,67-/m0/s1. The zero-order valence-corrected chi connectivity index (χ0v) is 73.5. The third-order valence-electron chi connectivity index (χ3n) is 19.2. The highest BCUT2D eigenvalue weighted by Gasteiger charge is 2.39. The summed E-state index contributed by atoms with van der Waals surface area (Å²) in [7, 11) is 0. The fourth-order valence-electron chi connectivity index (χ4n) is 12.6. The van der Waals surface area contributed by atoms with Crippen LogP contribution < -0.4 is 103 Å². The third kappa shape index (κ3) is 40.9. The van der Waals surface area contributed by atoms with Crippen LogP contribution in [0.15, 0.2) is 42.5 Å². The van der Waals surface area contributed by atoms with Crippen molar-refractivity contribution < 1.29 is 82.1 Å². The van der Waals surface area contributed by atoms with Gasteiger partial charge in [0.25, 0.3) is 0 Å². The van der Waals surface area contributed by atoms with Crippen LogP contribution in [-0.2, 0) is 78.3 Å². The zero-order chi connectivity index (χ0) is 89.8. The van der Waals surface area contributed by atoms with Crippen LogP contribution in [0.3, 0.4) is 0 Å². The molecule has 119 heavy (non-hydrogen) atoms. The first-order valence-corrected chi connectivity index (χ1v) is 44.1. The Balaban J connectivity index is 2.46. The summed E-state index contributed by atoms with van der Waals surface area (Å²) in [4.78, 5) is 210. The van der Waals surface area contributed by atoms with Crippen LogP contribution in [0.5, 0.6) is 0 Å². The summed E-state index contributed by atoms with van der Waals surface area (Å²) < 4.78 is 0. The maximum Gasteiger partial charge on any atom is 0.245 e. The molecule has 0 spiro atoms. The van der Waals surface area contributed by atoms with Crippen molar-refractivity contribution in [2.75, 3.05) is 50.2 Å². The van der Waals surface area contributed by atoms with Gasteiger partial charge in [0.15, 0.2) is 0 Å². The summed E-state index contributed by atoms with van der Waals surface area (Å²) in [6.45, 7) is 19.6. The van der Waals surface area contributed by atoms with E-state index in [1.165, 1.54) is 51.2 Å². The van der Waals surface area contributed by atoms with E-state index < -0.39 is 192 Å². The van der Waals surface area contributed by atoms with Crippen molar-refractivity contribution in [2.24, 2.45) is 52.3 Å². The fraction of sp³-hybridized carbons (Fsp3) is 0.691. The van der Waals surface area contributed by atoms with Crippen LogP contribution >= 0.6 is 23.5 Å². The summed E-state index contributed by atoms with van der Waals surface area (Å²) in [5.74, 6) is -12.3. The van der Waals surface area contributed by atoms with E-state index >= 15 is 0 Å². The lowest BCUT2D eigenvalue weighted by atomic mass is 9.98. The van der Waals surface area contributed by atoms with Crippen LogP contribution in [0.25, 0.3) is 10.8 Å². The summed E-state index contributed by atoms with van der Waals surface area (Å²) >= 11 is 2.68. The Bertz CT molecular complexity index is 3590. The van der Waals surface area contributed by atoms with Crippen molar-refractivity contribution in [1.82, 2.24) is 74.4 Å². The van der Waals surface area contributed by atoms with E-state index in [0.29, 0.717) is 49.8 Å². The van der Waals surface area contributed by atoms with Crippen LogP contribution in [-0.4, -0.2) is 246 Å². The molecule has 38 heteroatoms. The number of rotatable bonds is 59. The smallest absolute Gasteiger partial charge is 0.245 e. The Morgan fingerprint density at radius 2 is 0.681 bits per heavy atom. The average Bonchev–Trinajstić information content (AvgIpc) is 0.812. The Hall–Kier alpha value is -8.79. The van der Waals surface area contributed by atoms with Gasteiger partial charge in [-0.3, -0.25) is 71.9 Å². The van der Waals surface area contributed by atoms with Gasteiger partial charge in [0.05, 0.1) is 24.8 Å². The minimum atomic E-state index is -1.75. The number of nitrogens with one attached hydrogen (secondary N) is 14. The monoisotopic (exact) mass is 1710 g/mol. The zero-order valence-electron chi connectivity index (χ0n) is 71.9. The van der Waals surface area contributed by atoms with Gasteiger partial charge in [-0.05, 0) is 208 Å². The lowest BCUT2D eigenvalue weighted by molar-refractivity contribution is -0.137. The summed E-state index contributed by atoms with van der Waals surface area (Å²) in [5, 5.41) is 60.6. The fourth-order valence-corrected chi connectivity index (χ4v) is 13.6. The molecule has 2 rings (SSSR count). The molecule has 0 heterocycles. The highest BCUT2D eigenvalue weighted by atomic mass is 32.2. The number of fused-ring (bicyclic) bond motifs is 1. The molecule has 0 aliphatic heterocycles. The van der Waals surface area contributed by atoms with E-state index in [9.17, 15) is 82.1 Å². The number of amides is 15. The summed E-state index contributed by atoms with van der Waals surface area (Å²) in [6.07, 6.45) is 2.88. The van der Waals surface area contributed by atoms with Crippen molar-refractivity contribution in [3.63, 3.8) is 0 Å². The maximum atomic E-state index is 14.7. The summed E-state index contributed by atoms with van der Waals surface area (Å²) in [5.41, 5.74) is 29.6. The second-order valence-corrected chi connectivity index (χ2v) is 34.1. The first-order chi connectivity index (χ1) is 56.1. The molecule has 15 amide bonds. The number of carbonyl (C=O) groups is 15. The van der Waals surface area contributed by atoms with Crippen molar-refractivity contribution in [2.45, 2.75) is 283 Å². The first kappa shape index (κ1) is 106. The van der Waals surface area contributed by atoms with Gasteiger partial charge in [-0.1, -0.05) is 97.9 Å². The number of thioether (sulfide) groups is 2. The van der Waals surface area contributed by atoms with Gasteiger partial charge in [0.1, 0.15) is 78.5 Å². The molecule has 672 valence electrons. The Labute approximate surface area is 709 Å². The number of unbranched alkanes of at least 4 members (excludes halogenated alkanes) is 3. The van der Waals surface area contributed by atoms with Crippen molar-refractivity contribution in [3.8, 4) is 0 Å². The normalized spacial score (nSPS) is 15.5. The molecule has 0 radical (unpaired) electrons. The molecule has 0 bridgehead atoms. The van der Waals surface area contributed by atoms with Gasteiger partial charge < -0.3 is 113 Å². The molecule has 0 saturated carbocycles. The van der Waals surface area contributed by atoms with Crippen molar-refractivity contribution >= 4 is 123 Å². The predicted octanol–water partition coefficient (Wildman–Crippen LogP) is -1.51. The SMILES string of the molecule is CSCC[C@H](NC(=O)[C@@H](NC(=O)CNC(=O)[C@H](CC(C)C)NC(=O)[C@H](CCCCN)NC(=O)[C@H](CCCCN)NC(=O)[C@H](CC(C)C)NC(=O)[C@H](CCSC)NC(=O)[C@@H](NC(=O)[C@H](CCCCN)NC(=O)[C@H](Cc1ccc2ccccc2c1)NC(=O)[C@H](CC(C)C)NC(=O)[C@H](C)N)[C@@H](C)O)[C@@H](C)O)C(=O)N[C@@H](C)C(=O)N[C@@H](CC(C)C)C(N)=O. The van der Waals surface area contributed by atoms with Crippen LogP contribution in [0, 0.1) is 23.7 Å². The number of carbonyl (C=O) groups excluding carboxylic acids is 15. The van der Waals surface area contributed by atoms with E-state index in [4.69, 9.17) is 28.7 Å². The lowest BCUT2D eigenvalue weighted by Gasteiger charge is -2.29. The minimum Gasteiger partial charge on any atom is -0.391 e. The minimum absolute atomic E-state index is 0.00194. The largest absolute Gasteiger partial charge is 0.391 e. The average molecular weight is 1720 g/mol. The molecule has 0 aliphatic rings. The summed E-state index contributed by atoms with van der Waals surface area (Å²) in [6, 6.07) is -5.39. The molecule has 2 aromatic rings. The second-order valence-electron chi connectivity index (χ2n) is 32.1. The van der Waals surface area contributed by atoms with Gasteiger partial charge in [0, 0.05) is 6.42 Å². The quantitative estimate of drug-likeness (QED) is 0.0335. The number of nitrogens with two attached hydrogens (primary N) is 5. The first-order valence-electron chi connectivity index (χ1n) is 41.3. The molecule has 26 N–H and O–H groups in total.